The topological polar surface area (TPSA) is 99.5 Å². The number of nitrogens with one attached hydrogen (secondary N) is 2. The first-order valence-electron chi connectivity index (χ1n) is 16.6. The number of rotatable bonds is 11. The molecule has 3 rings (SSSR count). The number of ether oxygens (including phenoxy) is 2. The minimum atomic E-state index is -1.98. The SMILES string of the molecule is [2H]C([2H])(CC[C@H](C)NC(=O)OC(C)(C)C)Oc1cc(Nc2cc([C@H]3CC[C@@H](O[Si](C)(C)C(C)(C)C)C3)nn2C(C)(C)C)ccn1. The van der Waals surface area contributed by atoms with Crippen molar-refractivity contribution in [3.8, 4) is 5.88 Å². The van der Waals surface area contributed by atoms with Crippen LogP contribution in [0.15, 0.2) is 24.4 Å². The third-order valence-corrected chi connectivity index (χ3v) is 12.6. The second kappa shape index (κ2) is 13.6. The maximum atomic E-state index is 12.0. The van der Waals surface area contributed by atoms with Gasteiger partial charge in [-0.2, -0.15) is 5.10 Å². The average molecular weight is 618 g/mol. The van der Waals surface area contributed by atoms with Gasteiger partial charge in [0.15, 0.2) is 8.32 Å². The number of alkyl carbamates (subject to hydrolysis) is 1. The summed E-state index contributed by atoms with van der Waals surface area (Å²) in [7, 11) is -1.84. The first-order chi connectivity index (χ1) is 20.4. The highest BCUT2D eigenvalue weighted by Gasteiger charge is 2.41. The molecule has 2 aromatic heterocycles. The van der Waals surface area contributed by atoms with Crippen LogP contribution in [0.5, 0.6) is 5.88 Å². The molecule has 0 aliphatic heterocycles. The molecule has 10 heteroatoms. The molecule has 2 heterocycles. The molecule has 0 aromatic carbocycles. The van der Waals surface area contributed by atoms with E-state index in [-0.39, 0.29) is 35.0 Å². The molecule has 2 aromatic rings. The number of hydrogen-bond acceptors (Lipinski definition) is 7. The Morgan fingerprint density at radius 2 is 1.84 bits per heavy atom. The highest BCUT2D eigenvalue weighted by molar-refractivity contribution is 6.74. The zero-order valence-corrected chi connectivity index (χ0v) is 29.6. The third-order valence-electron chi connectivity index (χ3n) is 8.06. The summed E-state index contributed by atoms with van der Waals surface area (Å²) < 4.78 is 36.6. The van der Waals surface area contributed by atoms with Gasteiger partial charge in [0.05, 0.1) is 20.5 Å². The Bertz CT molecular complexity index is 1300. The number of carbonyl (C=O) groups is 1. The van der Waals surface area contributed by atoms with E-state index in [1.54, 1.807) is 33.0 Å². The number of nitrogens with zero attached hydrogens (tertiary/aromatic N) is 3. The van der Waals surface area contributed by atoms with E-state index in [1.807, 2.05) is 17.7 Å². The van der Waals surface area contributed by atoms with E-state index in [9.17, 15) is 4.79 Å². The molecule has 1 amide bonds. The van der Waals surface area contributed by atoms with Crippen LogP contribution in [0.2, 0.25) is 18.1 Å². The molecule has 1 saturated carbocycles. The van der Waals surface area contributed by atoms with Crippen LogP contribution in [-0.4, -0.2) is 53.5 Å². The summed E-state index contributed by atoms with van der Waals surface area (Å²) in [5.41, 5.74) is 0.921. The van der Waals surface area contributed by atoms with Gasteiger partial charge in [-0.15, -0.1) is 0 Å². The fraction of sp³-hybridized carbons (Fsp3) is 0.727. The van der Waals surface area contributed by atoms with Gasteiger partial charge in [0.2, 0.25) is 5.88 Å². The Morgan fingerprint density at radius 1 is 1.14 bits per heavy atom. The Morgan fingerprint density at radius 3 is 2.47 bits per heavy atom. The molecular weight excluding hydrogens is 558 g/mol. The van der Waals surface area contributed by atoms with E-state index in [0.717, 1.165) is 36.5 Å². The summed E-state index contributed by atoms with van der Waals surface area (Å²) in [6.45, 7) is 23.1. The quantitative estimate of drug-likeness (QED) is 0.244. The molecule has 0 unspecified atom stereocenters. The van der Waals surface area contributed by atoms with Crippen molar-refractivity contribution in [1.29, 1.82) is 0 Å². The van der Waals surface area contributed by atoms with Gasteiger partial charge in [0.25, 0.3) is 0 Å². The van der Waals surface area contributed by atoms with Crippen LogP contribution in [-0.2, 0) is 14.7 Å². The molecule has 9 nitrogen and oxygen atoms in total. The van der Waals surface area contributed by atoms with Crippen LogP contribution < -0.4 is 15.4 Å². The molecule has 2 N–H and O–H groups in total. The van der Waals surface area contributed by atoms with Crippen molar-refractivity contribution in [2.75, 3.05) is 11.9 Å². The van der Waals surface area contributed by atoms with Crippen LogP contribution in [0.1, 0.15) is 116 Å². The fourth-order valence-corrected chi connectivity index (χ4v) is 6.18. The van der Waals surface area contributed by atoms with Gasteiger partial charge in [0, 0.05) is 42.1 Å². The molecule has 1 fully saturated rings. The van der Waals surface area contributed by atoms with E-state index in [2.05, 4.69) is 76.3 Å². The summed E-state index contributed by atoms with van der Waals surface area (Å²) in [6, 6.07) is 5.36. The molecule has 242 valence electrons. The van der Waals surface area contributed by atoms with Crippen molar-refractivity contribution in [1.82, 2.24) is 20.1 Å². The summed E-state index contributed by atoms with van der Waals surface area (Å²) in [5, 5.41) is 11.5. The highest BCUT2D eigenvalue weighted by atomic mass is 28.4. The molecule has 0 bridgehead atoms. The van der Waals surface area contributed by atoms with Crippen LogP contribution in [0.3, 0.4) is 0 Å². The van der Waals surface area contributed by atoms with Gasteiger partial charge in [0.1, 0.15) is 11.4 Å². The van der Waals surface area contributed by atoms with Crippen LogP contribution in [0, 0.1) is 0 Å². The highest BCUT2D eigenvalue weighted by Crippen LogP contribution is 2.43. The fourth-order valence-electron chi connectivity index (χ4n) is 4.78. The minimum Gasteiger partial charge on any atom is -0.478 e. The zero-order chi connectivity index (χ0) is 34.0. The normalized spacial score (nSPS) is 19.8. The van der Waals surface area contributed by atoms with Crippen LogP contribution >= 0.6 is 0 Å². The molecule has 1 aliphatic rings. The van der Waals surface area contributed by atoms with Gasteiger partial charge < -0.3 is 24.5 Å². The number of anilines is 2. The first-order valence-corrected chi connectivity index (χ1v) is 18.5. The zero-order valence-electron chi connectivity index (χ0n) is 30.6. The smallest absolute Gasteiger partial charge is 0.407 e. The van der Waals surface area contributed by atoms with Crippen molar-refractivity contribution in [3.63, 3.8) is 0 Å². The summed E-state index contributed by atoms with van der Waals surface area (Å²) in [6.07, 6.45) is 4.82. The minimum absolute atomic E-state index is 0.0605. The number of amides is 1. The number of hydrogen-bond donors (Lipinski definition) is 2. The Labute approximate surface area is 263 Å². The third kappa shape index (κ3) is 10.5. The molecule has 43 heavy (non-hydrogen) atoms. The van der Waals surface area contributed by atoms with Crippen molar-refractivity contribution >= 4 is 25.9 Å². The lowest BCUT2D eigenvalue weighted by atomic mass is 10.0. The Hall–Kier alpha value is -2.59. The summed E-state index contributed by atoms with van der Waals surface area (Å²) >= 11 is 0. The predicted molar refractivity (Wildman–Crippen MR) is 177 cm³/mol. The second-order valence-electron chi connectivity index (χ2n) is 15.4. The summed E-state index contributed by atoms with van der Waals surface area (Å²) in [4.78, 5) is 16.3. The molecule has 0 spiro atoms. The lowest BCUT2D eigenvalue weighted by Gasteiger charge is -2.38. The molecule has 0 saturated heterocycles. The van der Waals surface area contributed by atoms with E-state index < -0.39 is 26.6 Å². The van der Waals surface area contributed by atoms with Gasteiger partial charge in [-0.3, -0.25) is 0 Å². The second-order valence-corrected chi connectivity index (χ2v) is 20.1. The van der Waals surface area contributed by atoms with E-state index in [1.165, 1.54) is 0 Å². The molecule has 3 atom stereocenters. The maximum Gasteiger partial charge on any atom is 0.407 e. The number of aromatic nitrogens is 3. The van der Waals surface area contributed by atoms with Gasteiger partial charge in [-0.05, 0) is 105 Å². The summed E-state index contributed by atoms with van der Waals surface area (Å²) in [5.74, 6) is 1.36. The molecule has 1 aliphatic carbocycles. The largest absolute Gasteiger partial charge is 0.478 e. The number of pyridine rings is 1. The van der Waals surface area contributed by atoms with Crippen molar-refractivity contribution in [2.24, 2.45) is 0 Å². The van der Waals surface area contributed by atoms with Gasteiger partial charge in [-0.25, -0.2) is 14.5 Å². The van der Waals surface area contributed by atoms with E-state index in [4.69, 9.17) is 21.7 Å². The maximum absolute atomic E-state index is 12.0. The lowest BCUT2D eigenvalue weighted by Crippen LogP contribution is -2.43. The predicted octanol–water partition coefficient (Wildman–Crippen LogP) is 8.51. The van der Waals surface area contributed by atoms with Crippen molar-refractivity contribution in [3.05, 3.63) is 30.1 Å². The van der Waals surface area contributed by atoms with Crippen molar-refractivity contribution < 1.29 is 21.4 Å². The van der Waals surface area contributed by atoms with Gasteiger partial charge >= 0.3 is 6.09 Å². The van der Waals surface area contributed by atoms with Crippen LogP contribution in [0.4, 0.5) is 16.3 Å². The van der Waals surface area contributed by atoms with Crippen molar-refractivity contribution in [2.45, 2.75) is 149 Å². The molecular formula is C33H57N5O4Si. The average Bonchev–Trinajstić information content (AvgIpc) is 3.47. The Balaban J connectivity index is 1.67. The Kier molecular flexibility index (Phi) is 10.1. The van der Waals surface area contributed by atoms with Crippen LogP contribution in [0.25, 0.3) is 0 Å². The monoisotopic (exact) mass is 617 g/mol. The number of carbonyl (C=O) groups excluding carboxylic acids is 1. The first kappa shape index (κ1) is 31.8. The van der Waals surface area contributed by atoms with E-state index in [0.29, 0.717) is 12.3 Å². The molecule has 0 radical (unpaired) electrons. The standard InChI is InChI=1S/C33H57N5O4Si/c1-23(35-30(39)41-32(5,6)7)14-13-19-40-29-21-25(17-18-34-29)36-28-22-27(37-38(28)31(2,3)4)24-15-16-26(20-24)42-43(11,12)33(8,9)10/h17-18,21-24,26H,13-16,19-20H2,1-12H3,(H,34,36)(H,35,39)/t23-,24-,26+/m0/s1/i19D2. The lowest BCUT2D eigenvalue weighted by molar-refractivity contribution is 0.0504. The van der Waals surface area contributed by atoms with Gasteiger partial charge in [-0.1, -0.05) is 20.8 Å². The van der Waals surface area contributed by atoms with E-state index >= 15 is 0 Å².